The molecule has 1 aromatic carbocycles. The molecule has 0 saturated carbocycles. The Bertz CT molecular complexity index is 671. The number of nitrogens with one attached hydrogen (secondary N) is 2. The van der Waals surface area contributed by atoms with Gasteiger partial charge in [-0.25, -0.2) is 0 Å². The van der Waals surface area contributed by atoms with E-state index in [1.807, 2.05) is 31.2 Å². The van der Waals surface area contributed by atoms with Crippen molar-refractivity contribution in [2.45, 2.75) is 13.3 Å². The molecule has 4 heteroatoms. The molecule has 0 fully saturated rings. The van der Waals surface area contributed by atoms with E-state index in [9.17, 15) is 9.59 Å². The van der Waals surface area contributed by atoms with E-state index >= 15 is 0 Å². The number of carbonyl (C=O) groups excluding carboxylic acids is 1. The van der Waals surface area contributed by atoms with Crippen molar-refractivity contribution in [3.05, 3.63) is 58.5 Å². The first-order chi connectivity index (χ1) is 9.22. The fourth-order valence-corrected chi connectivity index (χ4v) is 1.86. The predicted octanol–water partition coefficient (Wildman–Crippen LogP) is 2.22. The molecule has 0 aliphatic rings. The summed E-state index contributed by atoms with van der Waals surface area (Å²) in [6, 6.07) is 8.90. The summed E-state index contributed by atoms with van der Waals surface area (Å²) in [5.74, 6) is -0.257. The van der Waals surface area contributed by atoms with E-state index < -0.39 is 0 Å². The van der Waals surface area contributed by atoms with Gasteiger partial charge in [0.1, 0.15) is 5.69 Å². The number of benzene rings is 1. The largest absolute Gasteiger partial charge is 0.350 e. The van der Waals surface area contributed by atoms with Crippen LogP contribution in [-0.4, -0.2) is 17.4 Å². The maximum atomic E-state index is 11.9. The van der Waals surface area contributed by atoms with Crippen molar-refractivity contribution in [2.75, 3.05) is 6.54 Å². The summed E-state index contributed by atoms with van der Waals surface area (Å²) in [5.41, 5.74) is 0.0564. The van der Waals surface area contributed by atoms with Crippen LogP contribution in [0.5, 0.6) is 0 Å². The lowest BCUT2D eigenvalue weighted by molar-refractivity contribution is 0.0949. The summed E-state index contributed by atoms with van der Waals surface area (Å²) in [6.07, 6.45) is 4.69. The molecule has 4 nitrogen and oxygen atoms in total. The van der Waals surface area contributed by atoms with Crippen LogP contribution in [-0.2, 0) is 0 Å². The van der Waals surface area contributed by atoms with Crippen LogP contribution in [0.25, 0.3) is 10.8 Å². The molecule has 0 radical (unpaired) electrons. The number of hydrogen-bond acceptors (Lipinski definition) is 2. The van der Waals surface area contributed by atoms with Gasteiger partial charge in [0.05, 0.1) is 0 Å². The average molecular weight is 256 g/mol. The van der Waals surface area contributed by atoms with Crippen LogP contribution in [0.3, 0.4) is 0 Å². The summed E-state index contributed by atoms with van der Waals surface area (Å²) in [6.45, 7) is 2.49. The molecule has 1 amide bonds. The maximum absolute atomic E-state index is 11.9. The standard InChI is InChI=1S/C15H16N2O2/c1-2-3-6-9-16-15(19)13-10-11-7-4-5-8-12(11)14(18)17-13/h2-5,7-8,10H,6,9H2,1H3,(H,16,19)(H,17,18)/b3-2+. The molecule has 98 valence electrons. The highest BCUT2D eigenvalue weighted by atomic mass is 16.2. The van der Waals surface area contributed by atoms with E-state index in [0.717, 1.165) is 11.8 Å². The maximum Gasteiger partial charge on any atom is 0.267 e. The third kappa shape index (κ3) is 3.10. The molecule has 2 aromatic rings. The number of allylic oxidation sites excluding steroid dienone is 1. The fourth-order valence-electron chi connectivity index (χ4n) is 1.86. The van der Waals surface area contributed by atoms with E-state index in [0.29, 0.717) is 17.6 Å². The van der Waals surface area contributed by atoms with E-state index in [4.69, 9.17) is 0 Å². The van der Waals surface area contributed by atoms with Gasteiger partial charge in [0, 0.05) is 11.9 Å². The van der Waals surface area contributed by atoms with Gasteiger partial charge in [-0.15, -0.1) is 0 Å². The zero-order valence-electron chi connectivity index (χ0n) is 10.8. The van der Waals surface area contributed by atoms with Gasteiger partial charge in [-0.3, -0.25) is 9.59 Å². The van der Waals surface area contributed by atoms with Crippen LogP contribution >= 0.6 is 0 Å². The first-order valence-corrected chi connectivity index (χ1v) is 6.24. The van der Waals surface area contributed by atoms with E-state index in [-0.39, 0.29) is 11.5 Å². The van der Waals surface area contributed by atoms with E-state index in [1.54, 1.807) is 18.2 Å². The SMILES string of the molecule is C/C=C/CCNC(=O)c1cc2ccccc2c(=O)[nH]1. The number of aromatic nitrogens is 1. The lowest BCUT2D eigenvalue weighted by atomic mass is 10.1. The number of amides is 1. The Hall–Kier alpha value is -2.36. The zero-order valence-corrected chi connectivity index (χ0v) is 10.8. The number of pyridine rings is 1. The molecular formula is C15H16N2O2. The third-order valence-electron chi connectivity index (χ3n) is 2.83. The summed E-state index contributed by atoms with van der Waals surface area (Å²) in [7, 11) is 0. The minimum absolute atomic E-state index is 0.239. The lowest BCUT2D eigenvalue weighted by Crippen LogP contribution is -2.27. The Morgan fingerprint density at radius 3 is 2.95 bits per heavy atom. The summed E-state index contributed by atoms with van der Waals surface area (Å²) in [4.78, 5) is 26.3. The molecule has 0 aliphatic carbocycles. The van der Waals surface area contributed by atoms with Crippen LogP contribution in [0.15, 0.2) is 47.3 Å². The highest BCUT2D eigenvalue weighted by Crippen LogP contribution is 2.09. The molecule has 0 aliphatic heterocycles. The summed E-state index contributed by atoms with van der Waals surface area (Å²) in [5, 5.41) is 4.12. The number of H-pyrrole nitrogens is 1. The number of carbonyl (C=O) groups is 1. The highest BCUT2D eigenvalue weighted by Gasteiger charge is 2.08. The van der Waals surface area contributed by atoms with Crippen molar-refractivity contribution >= 4 is 16.7 Å². The fraction of sp³-hybridized carbons (Fsp3) is 0.200. The van der Waals surface area contributed by atoms with E-state index in [1.165, 1.54) is 0 Å². The Balaban J connectivity index is 2.21. The zero-order chi connectivity index (χ0) is 13.7. The van der Waals surface area contributed by atoms with Gasteiger partial charge in [0.25, 0.3) is 11.5 Å². The van der Waals surface area contributed by atoms with Crippen LogP contribution < -0.4 is 10.9 Å². The molecule has 1 aromatic heterocycles. The second-order valence-corrected chi connectivity index (χ2v) is 4.21. The number of fused-ring (bicyclic) bond motifs is 1. The molecular weight excluding hydrogens is 240 g/mol. The van der Waals surface area contributed by atoms with Gasteiger partial charge in [0.15, 0.2) is 0 Å². The van der Waals surface area contributed by atoms with Crippen LogP contribution in [0.2, 0.25) is 0 Å². The van der Waals surface area contributed by atoms with Gasteiger partial charge < -0.3 is 10.3 Å². The summed E-state index contributed by atoms with van der Waals surface area (Å²) >= 11 is 0. The van der Waals surface area contributed by atoms with Gasteiger partial charge in [-0.2, -0.15) is 0 Å². The van der Waals surface area contributed by atoms with Crippen molar-refractivity contribution in [2.24, 2.45) is 0 Å². The van der Waals surface area contributed by atoms with E-state index in [2.05, 4.69) is 10.3 Å². The smallest absolute Gasteiger partial charge is 0.267 e. The van der Waals surface area contributed by atoms with Crippen molar-refractivity contribution in [3.8, 4) is 0 Å². The van der Waals surface area contributed by atoms with Crippen molar-refractivity contribution in [1.82, 2.24) is 10.3 Å². The van der Waals surface area contributed by atoms with Gasteiger partial charge >= 0.3 is 0 Å². The molecule has 2 N–H and O–H groups in total. The Labute approximate surface area is 111 Å². The van der Waals surface area contributed by atoms with Crippen LogP contribution in [0.1, 0.15) is 23.8 Å². The van der Waals surface area contributed by atoms with Crippen LogP contribution in [0.4, 0.5) is 0 Å². The quantitative estimate of drug-likeness (QED) is 0.651. The molecule has 0 spiro atoms. The number of rotatable bonds is 4. The normalized spacial score (nSPS) is 11.0. The van der Waals surface area contributed by atoms with Crippen molar-refractivity contribution < 1.29 is 4.79 Å². The molecule has 0 bridgehead atoms. The van der Waals surface area contributed by atoms with Gasteiger partial charge in [-0.05, 0) is 30.9 Å². The number of hydrogen-bond donors (Lipinski definition) is 2. The summed E-state index contributed by atoms with van der Waals surface area (Å²) < 4.78 is 0. The molecule has 0 atom stereocenters. The lowest BCUT2D eigenvalue weighted by Gasteiger charge is -2.04. The van der Waals surface area contributed by atoms with Crippen LogP contribution in [0, 0.1) is 0 Å². The molecule has 2 rings (SSSR count). The minimum Gasteiger partial charge on any atom is -0.350 e. The van der Waals surface area contributed by atoms with Gasteiger partial charge in [-0.1, -0.05) is 30.4 Å². The first-order valence-electron chi connectivity index (χ1n) is 6.24. The first kappa shape index (κ1) is 13.1. The van der Waals surface area contributed by atoms with Crippen molar-refractivity contribution in [3.63, 3.8) is 0 Å². The second kappa shape index (κ2) is 6.00. The molecule has 0 saturated heterocycles. The second-order valence-electron chi connectivity index (χ2n) is 4.21. The topological polar surface area (TPSA) is 62.0 Å². The average Bonchev–Trinajstić information content (AvgIpc) is 2.43. The Kier molecular flexibility index (Phi) is 4.13. The third-order valence-corrected chi connectivity index (χ3v) is 2.83. The highest BCUT2D eigenvalue weighted by molar-refractivity contribution is 5.96. The minimum atomic E-state index is -0.257. The molecule has 1 heterocycles. The Morgan fingerprint density at radius 2 is 2.16 bits per heavy atom. The predicted molar refractivity (Wildman–Crippen MR) is 76.3 cm³/mol. The molecule has 19 heavy (non-hydrogen) atoms. The van der Waals surface area contributed by atoms with Crippen molar-refractivity contribution in [1.29, 1.82) is 0 Å². The monoisotopic (exact) mass is 256 g/mol. The van der Waals surface area contributed by atoms with Gasteiger partial charge in [0.2, 0.25) is 0 Å². The number of aromatic amines is 1. The molecule has 0 unspecified atom stereocenters. The Morgan fingerprint density at radius 1 is 1.37 bits per heavy atom.